The third kappa shape index (κ3) is 4.70. The van der Waals surface area contributed by atoms with Gasteiger partial charge in [-0.15, -0.1) is 0 Å². The third-order valence-corrected chi connectivity index (χ3v) is 4.65. The highest BCUT2D eigenvalue weighted by Gasteiger charge is 2.26. The van der Waals surface area contributed by atoms with Crippen LogP contribution in [0.2, 0.25) is 0 Å². The quantitative estimate of drug-likeness (QED) is 0.872. The zero-order chi connectivity index (χ0) is 15.4. The van der Waals surface area contributed by atoms with Crippen LogP contribution in [0.3, 0.4) is 0 Å². The van der Waals surface area contributed by atoms with E-state index in [1.165, 1.54) is 12.0 Å². The van der Waals surface area contributed by atoms with E-state index >= 15 is 0 Å². The molecule has 4 heteroatoms. The first-order valence-corrected chi connectivity index (χ1v) is 8.58. The number of benzene rings is 1. The molecule has 0 spiro atoms. The van der Waals surface area contributed by atoms with Gasteiger partial charge in [0.15, 0.2) is 0 Å². The summed E-state index contributed by atoms with van der Waals surface area (Å²) in [7, 11) is 1.75. The molecule has 2 rings (SSSR count). The van der Waals surface area contributed by atoms with Crippen molar-refractivity contribution >= 4 is 15.9 Å². The molecular weight excluding hydrogens is 328 g/mol. The number of rotatable bonds is 5. The van der Waals surface area contributed by atoms with E-state index in [1.54, 1.807) is 7.11 Å². The second kappa shape index (κ2) is 7.61. The average molecular weight is 355 g/mol. The number of hydrogen-bond donors (Lipinski definition) is 1. The Labute approximate surface area is 137 Å². The van der Waals surface area contributed by atoms with Crippen LogP contribution in [0.15, 0.2) is 22.7 Å². The topological polar surface area (TPSA) is 24.5 Å². The number of halogens is 1. The van der Waals surface area contributed by atoms with Crippen LogP contribution in [0.1, 0.15) is 32.8 Å². The van der Waals surface area contributed by atoms with Crippen molar-refractivity contribution in [2.45, 2.75) is 45.8 Å². The molecule has 2 unspecified atom stereocenters. The van der Waals surface area contributed by atoms with Crippen LogP contribution < -0.4 is 10.1 Å². The predicted octanol–water partition coefficient (Wildman–Crippen LogP) is 3.67. The SMILES string of the molecule is COc1ccc(Br)cc1CN1CC(CC(C)C)NCC1C. The minimum absolute atomic E-state index is 0.553. The first-order valence-electron chi connectivity index (χ1n) is 7.79. The second-order valence-corrected chi connectivity index (χ2v) is 7.39. The normalized spacial score (nSPS) is 23.5. The fourth-order valence-electron chi connectivity index (χ4n) is 3.03. The molecule has 1 N–H and O–H groups in total. The van der Waals surface area contributed by atoms with Crippen LogP contribution in [0.4, 0.5) is 0 Å². The van der Waals surface area contributed by atoms with Gasteiger partial charge in [-0.25, -0.2) is 0 Å². The van der Waals surface area contributed by atoms with Crippen molar-refractivity contribution in [2.24, 2.45) is 5.92 Å². The molecule has 1 aromatic carbocycles. The maximum atomic E-state index is 5.51. The van der Waals surface area contributed by atoms with Gasteiger partial charge in [0.1, 0.15) is 5.75 Å². The van der Waals surface area contributed by atoms with E-state index in [9.17, 15) is 0 Å². The van der Waals surface area contributed by atoms with E-state index in [0.717, 1.165) is 35.8 Å². The minimum atomic E-state index is 0.553. The van der Waals surface area contributed by atoms with E-state index in [-0.39, 0.29) is 0 Å². The number of piperazine rings is 1. The Morgan fingerprint density at radius 3 is 2.86 bits per heavy atom. The second-order valence-electron chi connectivity index (χ2n) is 6.47. The molecule has 0 saturated carbocycles. The van der Waals surface area contributed by atoms with Gasteiger partial charge in [-0.2, -0.15) is 0 Å². The monoisotopic (exact) mass is 354 g/mol. The zero-order valence-electron chi connectivity index (χ0n) is 13.5. The molecular formula is C17H27BrN2O. The number of ether oxygens (including phenoxy) is 1. The molecule has 1 aromatic rings. The lowest BCUT2D eigenvalue weighted by atomic mass is 9.99. The summed E-state index contributed by atoms with van der Waals surface area (Å²) in [6.07, 6.45) is 1.23. The Morgan fingerprint density at radius 2 is 2.19 bits per heavy atom. The predicted molar refractivity (Wildman–Crippen MR) is 91.8 cm³/mol. The largest absolute Gasteiger partial charge is 0.496 e. The first kappa shape index (κ1) is 16.8. The molecule has 1 aliphatic heterocycles. The van der Waals surface area contributed by atoms with E-state index in [2.05, 4.69) is 53.0 Å². The molecule has 0 aromatic heterocycles. The number of hydrogen-bond acceptors (Lipinski definition) is 3. The van der Waals surface area contributed by atoms with Crippen molar-refractivity contribution in [1.29, 1.82) is 0 Å². The first-order chi connectivity index (χ1) is 9.99. The highest BCUT2D eigenvalue weighted by Crippen LogP contribution is 2.26. The molecule has 0 bridgehead atoms. The molecule has 0 radical (unpaired) electrons. The lowest BCUT2D eigenvalue weighted by Crippen LogP contribution is -2.55. The highest BCUT2D eigenvalue weighted by molar-refractivity contribution is 9.10. The third-order valence-electron chi connectivity index (χ3n) is 4.15. The summed E-state index contributed by atoms with van der Waals surface area (Å²) in [4.78, 5) is 2.56. The molecule has 1 heterocycles. The van der Waals surface area contributed by atoms with Crippen LogP contribution in [-0.4, -0.2) is 37.2 Å². The Hall–Kier alpha value is -0.580. The summed E-state index contributed by atoms with van der Waals surface area (Å²) in [6, 6.07) is 7.39. The molecule has 21 heavy (non-hydrogen) atoms. The summed E-state index contributed by atoms with van der Waals surface area (Å²) in [5, 5.41) is 3.67. The van der Waals surface area contributed by atoms with Gasteiger partial charge in [0.25, 0.3) is 0 Å². The van der Waals surface area contributed by atoms with Gasteiger partial charge in [0.2, 0.25) is 0 Å². The van der Waals surface area contributed by atoms with E-state index in [1.807, 2.05) is 12.1 Å². The van der Waals surface area contributed by atoms with E-state index < -0.39 is 0 Å². The van der Waals surface area contributed by atoms with Crippen LogP contribution in [0.25, 0.3) is 0 Å². The fourth-order valence-corrected chi connectivity index (χ4v) is 3.44. The lowest BCUT2D eigenvalue weighted by molar-refractivity contribution is 0.123. The highest BCUT2D eigenvalue weighted by atomic mass is 79.9. The smallest absolute Gasteiger partial charge is 0.123 e. The molecule has 3 nitrogen and oxygen atoms in total. The summed E-state index contributed by atoms with van der Waals surface area (Å²) < 4.78 is 6.62. The van der Waals surface area contributed by atoms with Crippen LogP contribution >= 0.6 is 15.9 Å². The van der Waals surface area contributed by atoms with Crippen molar-refractivity contribution in [2.75, 3.05) is 20.2 Å². The molecule has 118 valence electrons. The van der Waals surface area contributed by atoms with Gasteiger partial charge in [-0.05, 0) is 37.5 Å². The van der Waals surface area contributed by atoms with E-state index in [0.29, 0.717) is 12.1 Å². The van der Waals surface area contributed by atoms with Crippen molar-refractivity contribution in [3.63, 3.8) is 0 Å². The Morgan fingerprint density at radius 1 is 1.43 bits per heavy atom. The summed E-state index contributed by atoms with van der Waals surface area (Å²) in [5.74, 6) is 1.71. The molecule has 1 fully saturated rings. The average Bonchev–Trinajstić information content (AvgIpc) is 2.42. The Balaban J connectivity index is 2.08. The van der Waals surface area contributed by atoms with Crippen molar-refractivity contribution < 1.29 is 4.74 Å². The Kier molecular flexibility index (Phi) is 6.08. The summed E-state index contributed by atoms with van der Waals surface area (Å²) >= 11 is 3.56. The maximum absolute atomic E-state index is 5.51. The molecule has 0 amide bonds. The van der Waals surface area contributed by atoms with Crippen LogP contribution in [0.5, 0.6) is 5.75 Å². The van der Waals surface area contributed by atoms with Crippen molar-refractivity contribution in [3.05, 3.63) is 28.2 Å². The van der Waals surface area contributed by atoms with Crippen molar-refractivity contribution in [3.8, 4) is 5.75 Å². The molecule has 2 atom stereocenters. The van der Waals surface area contributed by atoms with Crippen LogP contribution in [0, 0.1) is 5.92 Å². The maximum Gasteiger partial charge on any atom is 0.123 e. The minimum Gasteiger partial charge on any atom is -0.496 e. The van der Waals surface area contributed by atoms with Crippen molar-refractivity contribution in [1.82, 2.24) is 10.2 Å². The van der Waals surface area contributed by atoms with Gasteiger partial charge in [0, 0.05) is 41.8 Å². The number of nitrogens with one attached hydrogen (secondary N) is 1. The summed E-state index contributed by atoms with van der Waals surface area (Å²) in [5.41, 5.74) is 1.25. The number of methoxy groups -OCH3 is 1. The standard InChI is InChI=1S/C17H27BrN2O/c1-12(2)7-16-11-20(13(3)9-19-16)10-14-8-15(18)5-6-17(14)21-4/h5-6,8,12-13,16,19H,7,9-11H2,1-4H3. The van der Waals surface area contributed by atoms with Gasteiger partial charge < -0.3 is 10.1 Å². The van der Waals surface area contributed by atoms with E-state index in [4.69, 9.17) is 4.74 Å². The lowest BCUT2D eigenvalue weighted by Gasteiger charge is -2.39. The molecule has 1 aliphatic rings. The zero-order valence-corrected chi connectivity index (χ0v) is 15.1. The number of nitrogens with zero attached hydrogens (tertiary/aromatic N) is 1. The van der Waals surface area contributed by atoms with Gasteiger partial charge in [0.05, 0.1) is 7.11 Å². The Bertz CT molecular complexity index is 464. The molecule has 1 saturated heterocycles. The molecule has 0 aliphatic carbocycles. The fraction of sp³-hybridized carbons (Fsp3) is 0.647. The van der Waals surface area contributed by atoms with Gasteiger partial charge in [-0.1, -0.05) is 29.8 Å². The van der Waals surface area contributed by atoms with Gasteiger partial charge >= 0.3 is 0 Å². The summed E-state index contributed by atoms with van der Waals surface area (Å²) in [6.45, 7) is 9.99. The van der Waals surface area contributed by atoms with Gasteiger partial charge in [-0.3, -0.25) is 4.90 Å². The van der Waals surface area contributed by atoms with Crippen LogP contribution in [-0.2, 0) is 6.54 Å².